The second-order valence-corrected chi connectivity index (χ2v) is 8.57. The largest absolute Gasteiger partial charge is 0.379 e. The van der Waals surface area contributed by atoms with E-state index in [1.54, 1.807) is 0 Å². The highest BCUT2D eigenvalue weighted by Crippen LogP contribution is 2.22. The Kier molecular flexibility index (Phi) is 7.02. The lowest BCUT2D eigenvalue weighted by Gasteiger charge is -2.35. The fraction of sp³-hybridized carbons (Fsp3) is 0.385. The number of nitrogens with zero attached hydrogens (tertiary/aromatic N) is 3. The Morgan fingerprint density at radius 1 is 1.06 bits per heavy atom. The third-order valence-electron chi connectivity index (χ3n) is 6.03. The molecule has 3 aromatic rings. The first-order valence-electron chi connectivity index (χ1n) is 11.3. The van der Waals surface area contributed by atoms with Gasteiger partial charge in [-0.05, 0) is 50.1 Å². The summed E-state index contributed by atoms with van der Waals surface area (Å²) in [7, 11) is 0. The van der Waals surface area contributed by atoms with E-state index in [4.69, 9.17) is 4.74 Å². The van der Waals surface area contributed by atoms with Gasteiger partial charge < -0.3 is 10.1 Å². The van der Waals surface area contributed by atoms with Crippen LogP contribution < -0.4 is 5.32 Å². The lowest BCUT2D eigenvalue weighted by atomic mass is 10.0. The maximum Gasteiger partial charge on any atom is 0.251 e. The summed E-state index contributed by atoms with van der Waals surface area (Å²) < 4.78 is 7.51. The first-order chi connectivity index (χ1) is 15.5. The molecule has 1 fully saturated rings. The second kappa shape index (κ2) is 10.1. The molecule has 0 radical (unpaired) electrons. The van der Waals surface area contributed by atoms with Crippen LogP contribution in [0.15, 0.2) is 54.6 Å². The van der Waals surface area contributed by atoms with Crippen LogP contribution in [-0.4, -0.2) is 53.4 Å². The van der Waals surface area contributed by atoms with Crippen LogP contribution in [0.25, 0.3) is 0 Å². The fourth-order valence-corrected chi connectivity index (χ4v) is 4.25. The molecule has 32 heavy (non-hydrogen) atoms. The molecule has 6 heteroatoms. The van der Waals surface area contributed by atoms with Crippen molar-refractivity contribution >= 4 is 5.91 Å². The highest BCUT2D eigenvalue weighted by atomic mass is 16.5. The second-order valence-electron chi connectivity index (χ2n) is 8.57. The Balaban J connectivity index is 1.45. The predicted molar refractivity (Wildman–Crippen MR) is 126 cm³/mol. The number of morpholine rings is 1. The minimum Gasteiger partial charge on any atom is -0.379 e. The zero-order chi connectivity index (χ0) is 22.5. The number of carbonyl (C=O) groups is 1. The molecule has 6 nitrogen and oxygen atoms in total. The number of carbonyl (C=O) groups excluding carboxylic acids is 1. The number of aryl methyl sites for hydroxylation is 3. The summed E-state index contributed by atoms with van der Waals surface area (Å²) in [5.74, 6) is -0.0504. The molecule has 4 rings (SSSR count). The molecule has 0 bridgehead atoms. The average Bonchev–Trinajstić information content (AvgIpc) is 3.12. The van der Waals surface area contributed by atoms with E-state index in [1.165, 1.54) is 11.1 Å². The van der Waals surface area contributed by atoms with E-state index in [0.717, 1.165) is 43.3 Å². The summed E-state index contributed by atoms with van der Waals surface area (Å²) in [6.45, 7) is 10.5. The summed E-state index contributed by atoms with van der Waals surface area (Å²) in [6.07, 6.45) is 0. The average molecular weight is 433 g/mol. The van der Waals surface area contributed by atoms with Gasteiger partial charge in [0.25, 0.3) is 5.91 Å². The van der Waals surface area contributed by atoms with Gasteiger partial charge in [0.2, 0.25) is 0 Å². The number of amides is 1. The molecule has 1 aliphatic heterocycles. The van der Waals surface area contributed by atoms with Gasteiger partial charge in [-0.3, -0.25) is 14.4 Å². The van der Waals surface area contributed by atoms with Gasteiger partial charge in [0, 0.05) is 30.9 Å². The van der Waals surface area contributed by atoms with Crippen molar-refractivity contribution in [1.29, 1.82) is 0 Å². The van der Waals surface area contributed by atoms with Crippen LogP contribution in [0.1, 0.15) is 44.5 Å². The molecule has 1 saturated heterocycles. The lowest BCUT2D eigenvalue weighted by molar-refractivity contribution is 0.0162. The van der Waals surface area contributed by atoms with Crippen molar-refractivity contribution in [3.05, 3.63) is 88.2 Å². The van der Waals surface area contributed by atoms with E-state index in [-0.39, 0.29) is 11.9 Å². The summed E-state index contributed by atoms with van der Waals surface area (Å²) in [4.78, 5) is 15.4. The predicted octanol–water partition coefficient (Wildman–Crippen LogP) is 3.66. The number of aromatic nitrogens is 2. The van der Waals surface area contributed by atoms with Crippen LogP contribution in [0, 0.1) is 20.8 Å². The maximum atomic E-state index is 13.0. The van der Waals surface area contributed by atoms with Crippen molar-refractivity contribution in [2.24, 2.45) is 0 Å². The highest BCUT2D eigenvalue weighted by Gasteiger charge is 2.23. The number of benzene rings is 2. The van der Waals surface area contributed by atoms with Gasteiger partial charge in [-0.25, -0.2) is 0 Å². The van der Waals surface area contributed by atoms with Gasteiger partial charge in [-0.1, -0.05) is 42.0 Å². The van der Waals surface area contributed by atoms with E-state index in [2.05, 4.69) is 52.6 Å². The van der Waals surface area contributed by atoms with Crippen molar-refractivity contribution in [3.63, 3.8) is 0 Å². The third kappa shape index (κ3) is 5.44. The number of hydrogen-bond acceptors (Lipinski definition) is 4. The molecule has 2 aromatic carbocycles. The summed E-state index contributed by atoms with van der Waals surface area (Å²) >= 11 is 0. The molecule has 0 aliphatic carbocycles. The molecule has 1 aliphatic rings. The fourth-order valence-electron chi connectivity index (χ4n) is 4.25. The van der Waals surface area contributed by atoms with Gasteiger partial charge in [0.15, 0.2) is 0 Å². The number of ether oxygens (including phenoxy) is 1. The number of rotatable bonds is 7. The quantitative estimate of drug-likeness (QED) is 0.619. The highest BCUT2D eigenvalue weighted by molar-refractivity contribution is 5.94. The zero-order valence-corrected chi connectivity index (χ0v) is 19.2. The van der Waals surface area contributed by atoms with Crippen LogP contribution >= 0.6 is 0 Å². The van der Waals surface area contributed by atoms with Crippen molar-refractivity contribution in [2.75, 3.05) is 32.8 Å². The molecule has 2 heterocycles. The molecular weight excluding hydrogens is 400 g/mol. The molecule has 0 saturated carbocycles. The van der Waals surface area contributed by atoms with Crippen LogP contribution in [0.4, 0.5) is 0 Å². The Morgan fingerprint density at radius 2 is 1.81 bits per heavy atom. The monoisotopic (exact) mass is 432 g/mol. The van der Waals surface area contributed by atoms with E-state index in [1.807, 2.05) is 42.8 Å². The minimum atomic E-state index is -0.0504. The van der Waals surface area contributed by atoms with Gasteiger partial charge >= 0.3 is 0 Å². The maximum absolute atomic E-state index is 13.0. The molecule has 1 unspecified atom stereocenters. The van der Waals surface area contributed by atoms with Crippen LogP contribution in [0.5, 0.6) is 0 Å². The van der Waals surface area contributed by atoms with Crippen molar-refractivity contribution in [3.8, 4) is 0 Å². The Labute approximate surface area is 190 Å². The lowest BCUT2D eigenvalue weighted by Crippen LogP contribution is -2.43. The van der Waals surface area contributed by atoms with E-state index in [0.29, 0.717) is 18.7 Å². The smallest absolute Gasteiger partial charge is 0.251 e. The van der Waals surface area contributed by atoms with Crippen LogP contribution in [0.2, 0.25) is 0 Å². The topological polar surface area (TPSA) is 59.4 Å². The van der Waals surface area contributed by atoms with E-state index in [9.17, 15) is 4.79 Å². The van der Waals surface area contributed by atoms with Gasteiger partial charge in [0.1, 0.15) is 0 Å². The Bertz CT molecular complexity index is 1050. The van der Waals surface area contributed by atoms with Gasteiger partial charge in [-0.15, -0.1) is 0 Å². The van der Waals surface area contributed by atoms with Crippen LogP contribution in [0.3, 0.4) is 0 Å². The molecular formula is C26H32N4O2. The third-order valence-corrected chi connectivity index (χ3v) is 6.03. The van der Waals surface area contributed by atoms with Crippen molar-refractivity contribution in [2.45, 2.75) is 33.4 Å². The molecule has 168 valence electrons. The van der Waals surface area contributed by atoms with E-state index < -0.39 is 0 Å². The molecule has 1 amide bonds. The van der Waals surface area contributed by atoms with Gasteiger partial charge in [0.05, 0.1) is 31.5 Å². The standard InChI is InChI=1S/C26H32N4O2/c1-19-7-9-23(10-8-19)25(29-11-13-32-14-12-29)17-27-26(31)24-6-4-5-22(16-24)18-30-21(3)15-20(2)28-30/h4-10,15-16,25H,11-14,17-18H2,1-3H3,(H,27,31). The Hall–Kier alpha value is -2.96. The molecule has 1 atom stereocenters. The Morgan fingerprint density at radius 3 is 2.50 bits per heavy atom. The number of nitrogens with one attached hydrogen (secondary N) is 1. The zero-order valence-electron chi connectivity index (χ0n) is 19.2. The van der Waals surface area contributed by atoms with E-state index >= 15 is 0 Å². The van der Waals surface area contributed by atoms with Crippen molar-refractivity contribution in [1.82, 2.24) is 20.0 Å². The summed E-state index contributed by atoms with van der Waals surface area (Å²) in [5.41, 5.74) is 6.31. The van der Waals surface area contributed by atoms with Crippen molar-refractivity contribution < 1.29 is 9.53 Å². The molecule has 0 spiro atoms. The summed E-state index contributed by atoms with van der Waals surface area (Å²) in [5, 5.41) is 7.70. The molecule has 1 aromatic heterocycles. The first kappa shape index (κ1) is 22.2. The number of hydrogen-bond donors (Lipinski definition) is 1. The molecule has 1 N–H and O–H groups in total. The summed E-state index contributed by atoms with van der Waals surface area (Å²) in [6, 6.07) is 18.6. The first-order valence-corrected chi connectivity index (χ1v) is 11.3. The van der Waals surface area contributed by atoms with Gasteiger partial charge in [-0.2, -0.15) is 5.10 Å². The van der Waals surface area contributed by atoms with Crippen LogP contribution in [-0.2, 0) is 11.3 Å². The normalized spacial score (nSPS) is 15.5. The minimum absolute atomic E-state index is 0.0504. The SMILES string of the molecule is Cc1ccc(C(CNC(=O)c2cccc(Cn3nc(C)cc3C)c2)N2CCOCC2)cc1.